The van der Waals surface area contributed by atoms with Crippen LogP contribution >= 0.6 is 12.2 Å². The number of thiocarbonyl (C=S) groups is 1. The third-order valence-corrected chi connectivity index (χ3v) is 4.17. The summed E-state index contributed by atoms with van der Waals surface area (Å²) in [4.78, 5) is 2.51. The summed E-state index contributed by atoms with van der Waals surface area (Å²) in [5.74, 6) is 0. The first-order chi connectivity index (χ1) is 9.65. The van der Waals surface area contributed by atoms with Gasteiger partial charge in [-0.05, 0) is 75.3 Å². The monoisotopic (exact) mass is 291 g/mol. The summed E-state index contributed by atoms with van der Waals surface area (Å²) in [6.45, 7) is 8.70. The second-order valence-corrected chi connectivity index (χ2v) is 5.99. The van der Waals surface area contributed by atoms with Gasteiger partial charge in [0.05, 0.1) is 0 Å². The van der Waals surface area contributed by atoms with Crippen molar-refractivity contribution in [2.24, 2.45) is 0 Å². The lowest BCUT2D eigenvalue weighted by molar-refractivity contribution is 0.232. The second-order valence-electron chi connectivity index (χ2n) is 5.58. The van der Waals surface area contributed by atoms with E-state index in [9.17, 15) is 0 Å². The predicted octanol–water partition coefficient (Wildman–Crippen LogP) is 3.08. The van der Waals surface area contributed by atoms with E-state index < -0.39 is 0 Å². The van der Waals surface area contributed by atoms with Gasteiger partial charge in [0.1, 0.15) is 0 Å². The van der Waals surface area contributed by atoms with E-state index in [4.69, 9.17) is 12.2 Å². The molecule has 0 bridgehead atoms. The Labute approximate surface area is 127 Å². The maximum Gasteiger partial charge on any atom is 0.170 e. The Morgan fingerprint density at radius 1 is 1.15 bits per heavy atom. The van der Waals surface area contributed by atoms with Gasteiger partial charge in [0.15, 0.2) is 5.11 Å². The van der Waals surface area contributed by atoms with Crippen LogP contribution in [0.1, 0.15) is 30.4 Å². The zero-order chi connectivity index (χ0) is 14.4. The van der Waals surface area contributed by atoms with Crippen LogP contribution in [0.3, 0.4) is 0 Å². The molecule has 20 heavy (non-hydrogen) atoms. The van der Waals surface area contributed by atoms with Crippen LogP contribution in [0, 0.1) is 13.8 Å². The number of hydrogen-bond acceptors (Lipinski definition) is 2. The van der Waals surface area contributed by atoms with Crippen molar-refractivity contribution in [2.75, 3.05) is 31.5 Å². The van der Waals surface area contributed by atoms with Crippen LogP contribution < -0.4 is 10.6 Å². The van der Waals surface area contributed by atoms with E-state index in [1.165, 1.54) is 43.5 Å². The van der Waals surface area contributed by atoms with Crippen molar-refractivity contribution >= 4 is 23.0 Å². The zero-order valence-corrected chi connectivity index (χ0v) is 13.4. The van der Waals surface area contributed by atoms with Crippen LogP contribution in [-0.4, -0.2) is 36.2 Å². The number of rotatable bonds is 4. The summed E-state index contributed by atoms with van der Waals surface area (Å²) in [6.07, 6.45) is 4.06. The highest BCUT2D eigenvalue weighted by Gasteiger charge is 2.09. The van der Waals surface area contributed by atoms with Gasteiger partial charge in [-0.25, -0.2) is 0 Å². The van der Waals surface area contributed by atoms with E-state index in [2.05, 4.69) is 47.6 Å². The molecule has 1 saturated heterocycles. The fraction of sp³-hybridized carbons (Fsp3) is 0.562. The Morgan fingerprint density at radius 3 is 2.60 bits per heavy atom. The molecular weight excluding hydrogens is 266 g/mol. The van der Waals surface area contributed by atoms with Gasteiger partial charge < -0.3 is 15.5 Å². The molecule has 2 N–H and O–H groups in total. The molecule has 0 amide bonds. The Kier molecular flexibility index (Phi) is 5.80. The predicted molar refractivity (Wildman–Crippen MR) is 90.4 cm³/mol. The molecule has 1 aromatic rings. The van der Waals surface area contributed by atoms with Crippen molar-refractivity contribution < 1.29 is 0 Å². The first kappa shape index (κ1) is 15.3. The Morgan fingerprint density at radius 2 is 1.90 bits per heavy atom. The molecule has 1 aliphatic heterocycles. The quantitative estimate of drug-likeness (QED) is 0.834. The first-order valence-electron chi connectivity index (χ1n) is 7.49. The zero-order valence-electron chi connectivity index (χ0n) is 12.5. The van der Waals surface area contributed by atoms with Crippen LogP contribution in [-0.2, 0) is 0 Å². The Hall–Kier alpha value is -1.13. The lowest BCUT2D eigenvalue weighted by atomic mass is 10.1. The average molecular weight is 291 g/mol. The van der Waals surface area contributed by atoms with E-state index in [-0.39, 0.29) is 0 Å². The standard InChI is InChI=1S/C16H25N3S/c1-13-6-7-15(12-14(13)2)18-16(20)17-8-11-19-9-4-3-5-10-19/h6-7,12H,3-5,8-11H2,1-2H3,(H2,17,18,20). The molecule has 0 saturated carbocycles. The molecule has 0 atom stereocenters. The molecule has 1 aliphatic rings. The van der Waals surface area contributed by atoms with Crippen LogP contribution in [0.4, 0.5) is 5.69 Å². The molecule has 0 radical (unpaired) electrons. The van der Waals surface area contributed by atoms with Gasteiger partial charge in [-0.2, -0.15) is 0 Å². The van der Waals surface area contributed by atoms with Crippen LogP contribution in [0.5, 0.6) is 0 Å². The molecule has 1 fully saturated rings. The van der Waals surface area contributed by atoms with Gasteiger partial charge in [0.25, 0.3) is 0 Å². The molecule has 110 valence electrons. The van der Waals surface area contributed by atoms with Gasteiger partial charge in [-0.3, -0.25) is 0 Å². The van der Waals surface area contributed by atoms with Crippen LogP contribution in [0.2, 0.25) is 0 Å². The van der Waals surface area contributed by atoms with Crippen molar-refractivity contribution in [1.82, 2.24) is 10.2 Å². The van der Waals surface area contributed by atoms with Gasteiger partial charge in [0.2, 0.25) is 0 Å². The highest BCUT2D eigenvalue weighted by Crippen LogP contribution is 2.13. The molecule has 2 rings (SSSR count). The smallest absolute Gasteiger partial charge is 0.170 e. The van der Waals surface area contributed by atoms with Gasteiger partial charge >= 0.3 is 0 Å². The molecule has 1 aromatic carbocycles. The van der Waals surface area contributed by atoms with Gasteiger partial charge in [-0.15, -0.1) is 0 Å². The van der Waals surface area contributed by atoms with Gasteiger partial charge in [-0.1, -0.05) is 12.5 Å². The number of piperidine rings is 1. The first-order valence-corrected chi connectivity index (χ1v) is 7.90. The average Bonchev–Trinajstić information content (AvgIpc) is 2.44. The van der Waals surface area contributed by atoms with Crippen molar-refractivity contribution in [3.8, 4) is 0 Å². The Bertz CT molecular complexity index is 453. The summed E-state index contributed by atoms with van der Waals surface area (Å²) < 4.78 is 0. The summed E-state index contributed by atoms with van der Waals surface area (Å²) in [5.41, 5.74) is 3.65. The summed E-state index contributed by atoms with van der Waals surface area (Å²) >= 11 is 5.34. The highest BCUT2D eigenvalue weighted by molar-refractivity contribution is 7.80. The fourth-order valence-electron chi connectivity index (χ4n) is 2.51. The Balaban J connectivity index is 1.70. The minimum Gasteiger partial charge on any atom is -0.361 e. The number of likely N-dealkylation sites (tertiary alicyclic amines) is 1. The summed E-state index contributed by atoms with van der Waals surface area (Å²) in [7, 11) is 0. The molecular formula is C16H25N3S. The number of nitrogens with zero attached hydrogens (tertiary/aromatic N) is 1. The normalized spacial score (nSPS) is 15.9. The summed E-state index contributed by atoms with van der Waals surface area (Å²) in [6, 6.07) is 6.32. The SMILES string of the molecule is Cc1ccc(NC(=S)NCCN2CCCCC2)cc1C. The van der Waals surface area contributed by atoms with Crippen molar-refractivity contribution in [3.63, 3.8) is 0 Å². The summed E-state index contributed by atoms with van der Waals surface area (Å²) in [5, 5.41) is 7.25. The largest absolute Gasteiger partial charge is 0.361 e. The number of hydrogen-bond donors (Lipinski definition) is 2. The van der Waals surface area contributed by atoms with E-state index in [0.717, 1.165) is 18.8 Å². The highest BCUT2D eigenvalue weighted by atomic mass is 32.1. The van der Waals surface area contributed by atoms with Crippen molar-refractivity contribution in [2.45, 2.75) is 33.1 Å². The number of benzene rings is 1. The van der Waals surface area contributed by atoms with Crippen LogP contribution in [0.15, 0.2) is 18.2 Å². The van der Waals surface area contributed by atoms with E-state index >= 15 is 0 Å². The molecule has 0 aliphatic carbocycles. The number of nitrogens with one attached hydrogen (secondary N) is 2. The van der Waals surface area contributed by atoms with Crippen molar-refractivity contribution in [1.29, 1.82) is 0 Å². The lowest BCUT2D eigenvalue weighted by Crippen LogP contribution is -2.39. The third kappa shape index (κ3) is 4.76. The van der Waals surface area contributed by atoms with Crippen LogP contribution in [0.25, 0.3) is 0 Å². The minimum atomic E-state index is 0.713. The number of aryl methyl sites for hydroxylation is 2. The van der Waals surface area contributed by atoms with E-state index in [1.807, 2.05) is 0 Å². The maximum atomic E-state index is 5.34. The molecule has 0 spiro atoms. The molecule has 3 nitrogen and oxygen atoms in total. The fourth-order valence-corrected chi connectivity index (χ4v) is 2.72. The third-order valence-electron chi connectivity index (χ3n) is 3.93. The lowest BCUT2D eigenvalue weighted by Gasteiger charge is -2.26. The second kappa shape index (κ2) is 7.60. The van der Waals surface area contributed by atoms with Crippen molar-refractivity contribution in [3.05, 3.63) is 29.3 Å². The molecule has 1 heterocycles. The maximum absolute atomic E-state index is 5.34. The van der Waals surface area contributed by atoms with Gasteiger partial charge in [0, 0.05) is 18.8 Å². The topological polar surface area (TPSA) is 27.3 Å². The molecule has 0 aromatic heterocycles. The molecule has 4 heteroatoms. The van der Waals surface area contributed by atoms with E-state index in [0.29, 0.717) is 5.11 Å². The number of anilines is 1. The minimum absolute atomic E-state index is 0.713. The van der Waals surface area contributed by atoms with E-state index in [1.54, 1.807) is 0 Å². The molecule has 0 unspecified atom stereocenters.